The molecule has 1 amide bonds. The summed E-state index contributed by atoms with van der Waals surface area (Å²) in [5.41, 5.74) is 2.38. The predicted molar refractivity (Wildman–Crippen MR) is 72.0 cm³/mol. The molecule has 1 saturated heterocycles. The molecule has 2 N–H and O–H groups in total. The van der Waals surface area contributed by atoms with Crippen molar-refractivity contribution in [3.8, 4) is 0 Å². The maximum atomic E-state index is 11.9. The monoisotopic (exact) mass is 250 g/mol. The van der Waals surface area contributed by atoms with Gasteiger partial charge in [0.25, 0.3) is 0 Å². The fourth-order valence-corrected chi connectivity index (χ4v) is 2.76. The summed E-state index contributed by atoms with van der Waals surface area (Å²) in [5.74, 6) is 1.84. The molecule has 0 saturated carbocycles. The van der Waals surface area contributed by atoms with Crippen molar-refractivity contribution >= 4 is 17.7 Å². The van der Waals surface area contributed by atoms with E-state index >= 15 is 0 Å². The Morgan fingerprint density at radius 2 is 2.18 bits per heavy atom. The summed E-state index contributed by atoms with van der Waals surface area (Å²) >= 11 is 1.76. The van der Waals surface area contributed by atoms with Crippen LogP contribution in [-0.4, -0.2) is 23.6 Å². The predicted octanol–water partition coefficient (Wildman–Crippen LogP) is 1.83. The van der Waals surface area contributed by atoms with Gasteiger partial charge in [0.15, 0.2) is 0 Å². The third kappa shape index (κ3) is 3.23. The van der Waals surface area contributed by atoms with Crippen molar-refractivity contribution in [2.24, 2.45) is 0 Å². The number of carbonyl (C=O) groups is 1. The molecule has 1 aliphatic rings. The maximum Gasteiger partial charge on any atom is 0.238 e. The second-order valence-electron chi connectivity index (χ2n) is 4.41. The van der Waals surface area contributed by atoms with Crippen molar-refractivity contribution in [1.82, 2.24) is 10.6 Å². The SMILES string of the molecule is Cc1ccc(C(C)NC(=O)C2CSCN2)cc1. The van der Waals surface area contributed by atoms with Crippen molar-refractivity contribution < 1.29 is 4.79 Å². The highest BCUT2D eigenvalue weighted by molar-refractivity contribution is 7.99. The van der Waals surface area contributed by atoms with Gasteiger partial charge in [-0.3, -0.25) is 10.1 Å². The van der Waals surface area contributed by atoms with Crippen molar-refractivity contribution in [2.75, 3.05) is 11.6 Å². The molecular weight excluding hydrogens is 232 g/mol. The Morgan fingerprint density at radius 1 is 1.47 bits per heavy atom. The lowest BCUT2D eigenvalue weighted by Gasteiger charge is -2.17. The summed E-state index contributed by atoms with van der Waals surface area (Å²) in [5, 5.41) is 6.22. The molecule has 0 spiro atoms. The van der Waals surface area contributed by atoms with E-state index in [1.165, 1.54) is 5.56 Å². The molecule has 92 valence electrons. The van der Waals surface area contributed by atoms with Crippen LogP contribution in [-0.2, 0) is 4.79 Å². The van der Waals surface area contributed by atoms with E-state index in [2.05, 4.69) is 41.8 Å². The van der Waals surface area contributed by atoms with Crippen LogP contribution in [0.3, 0.4) is 0 Å². The first-order valence-electron chi connectivity index (χ1n) is 5.85. The van der Waals surface area contributed by atoms with Gasteiger partial charge in [-0.1, -0.05) is 29.8 Å². The number of thioether (sulfide) groups is 1. The first-order chi connectivity index (χ1) is 8.16. The Morgan fingerprint density at radius 3 is 2.76 bits per heavy atom. The Labute approximate surface area is 106 Å². The number of amides is 1. The molecule has 3 nitrogen and oxygen atoms in total. The number of hydrogen-bond donors (Lipinski definition) is 2. The molecule has 2 unspecified atom stereocenters. The molecule has 1 heterocycles. The average Bonchev–Trinajstić information content (AvgIpc) is 2.83. The van der Waals surface area contributed by atoms with Gasteiger partial charge in [0.2, 0.25) is 5.91 Å². The Balaban J connectivity index is 1.93. The second kappa shape index (κ2) is 5.56. The molecular formula is C13H18N2OS. The van der Waals surface area contributed by atoms with E-state index in [1.807, 2.05) is 6.92 Å². The lowest BCUT2D eigenvalue weighted by molar-refractivity contribution is -0.123. The largest absolute Gasteiger partial charge is 0.348 e. The fourth-order valence-electron chi connectivity index (χ4n) is 1.82. The number of carbonyl (C=O) groups excluding carboxylic acids is 1. The van der Waals surface area contributed by atoms with Gasteiger partial charge in [0, 0.05) is 11.6 Å². The summed E-state index contributed by atoms with van der Waals surface area (Å²) in [7, 11) is 0. The minimum Gasteiger partial charge on any atom is -0.348 e. The van der Waals surface area contributed by atoms with Crippen LogP contribution in [0.15, 0.2) is 24.3 Å². The summed E-state index contributed by atoms with van der Waals surface area (Å²) in [6.45, 7) is 4.08. The van der Waals surface area contributed by atoms with Gasteiger partial charge < -0.3 is 5.32 Å². The summed E-state index contributed by atoms with van der Waals surface area (Å²) in [4.78, 5) is 11.9. The molecule has 4 heteroatoms. The van der Waals surface area contributed by atoms with Crippen LogP contribution >= 0.6 is 11.8 Å². The van der Waals surface area contributed by atoms with Crippen LogP contribution in [0.5, 0.6) is 0 Å². The van der Waals surface area contributed by atoms with Gasteiger partial charge in [0.1, 0.15) is 0 Å². The van der Waals surface area contributed by atoms with Gasteiger partial charge >= 0.3 is 0 Å². The average molecular weight is 250 g/mol. The highest BCUT2D eigenvalue weighted by Crippen LogP contribution is 2.15. The zero-order valence-corrected chi connectivity index (χ0v) is 11.0. The van der Waals surface area contributed by atoms with Gasteiger partial charge in [-0.05, 0) is 19.4 Å². The molecule has 2 rings (SSSR count). The first-order valence-corrected chi connectivity index (χ1v) is 7.00. The maximum absolute atomic E-state index is 11.9. The number of hydrogen-bond acceptors (Lipinski definition) is 3. The minimum atomic E-state index is -0.0344. The van der Waals surface area contributed by atoms with Crippen LogP contribution in [0.25, 0.3) is 0 Å². The number of benzene rings is 1. The van der Waals surface area contributed by atoms with Gasteiger partial charge in [-0.25, -0.2) is 0 Å². The minimum absolute atomic E-state index is 0.0344. The third-order valence-electron chi connectivity index (χ3n) is 2.97. The van der Waals surface area contributed by atoms with E-state index in [0.29, 0.717) is 0 Å². The van der Waals surface area contributed by atoms with Gasteiger partial charge in [-0.15, -0.1) is 11.8 Å². The van der Waals surface area contributed by atoms with E-state index in [0.717, 1.165) is 17.2 Å². The normalized spacial score (nSPS) is 21.2. The molecule has 0 aromatic heterocycles. The van der Waals surface area contributed by atoms with Gasteiger partial charge in [-0.2, -0.15) is 0 Å². The molecule has 0 aliphatic carbocycles. The van der Waals surface area contributed by atoms with Crippen molar-refractivity contribution in [3.05, 3.63) is 35.4 Å². The van der Waals surface area contributed by atoms with E-state index in [9.17, 15) is 4.79 Å². The summed E-state index contributed by atoms with van der Waals surface area (Å²) in [6, 6.07) is 8.31. The van der Waals surface area contributed by atoms with Crippen molar-refractivity contribution in [2.45, 2.75) is 25.9 Å². The van der Waals surface area contributed by atoms with Crippen LogP contribution in [0.1, 0.15) is 24.1 Å². The Bertz CT molecular complexity index is 385. The highest BCUT2D eigenvalue weighted by atomic mass is 32.2. The third-order valence-corrected chi connectivity index (χ3v) is 3.91. The highest BCUT2D eigenvalue weighted by Gasteiger charge is 2.23. The van der Waals surface area contributed by atoms with E-state index in [1.54, 1.807) is 11.8 Å². The molecule has 17 heavy (non-hydrogen) atoms. The standard InChI is InChI=1S/C13H18N2OS/c1-9-3-5-11(6-4-9)10(2)15-13(16)12-7-17-8-14-12/h3-6,10,12,14H,7-8H2,1-2H3,(H,15,16). The van der Waals surface area contributed by atoms with Crippen molar-refractivity contribution in [3.63, 3.8) is 0 Å². The molecule has 0 radical (unpaired) electrons. The summed E-state index contributed by atoms with van der Waals surface area (Å²) < 4.78 is 0. The Kier molecular flexibility index (Phi) is 4.07. The number of nitrogens with one attached hydrogen (secondary N) is 2. The molecule has 1 aromatic carbocycles. The number of aryl methyl sites for hydroxylation is 1. The second-order valence-corrected chi connectivity index (χ2v) is 5.44. The smallest absolute Gasteiger partial charge is 0.238 e. The van der Waals surface area contributed by atoms with Crippen LogP contribution < -0.4 is 10.6 Å². The van der Waals surface area contributed by atoms with Gasteiger partial charge in [0.05, 0.1) is 12.1 Å². The quantitative estimate of drug-likeness (QED) is 0.860. The van der Waals surface area contributed by atoms with E-state index < -0.39 is 0 Å². The lowest BCUT2D eigenvalue weighted by atomic mass is 10.1. The van der Waals surface area contributed by atoms with Crippen LogP contribution in [0.4, 0.5) is 0 Å². The molecule has 1 aliphatic heterocycles. The van der Waals surface area contributed by atoms with E-state index in [-0.39, 0.29) is 18.0 Å². The first kappa shape index (κ1) is 12.5. The van der Waals surface area contributed by atoms with E-state index in [4.69, 9.17) is 0 Å². The topological polar surface area (TPSA) is 41.1 Å². The summed E-state index contributed by atoms with van der Waals surface area (Å²) in [6.07, 6.45) is 0. The zero-order valence-electron chi connectivity index (χ0n) is 10.2. The lowest BCUT2D eigenvalue weighted by Crippen LogP contribution is -2.42. The van der Waals surface area contributed by atoms with Crippen molar-refractivity contribution in [1.29, 1.82) is 0 Å². The van der Waals surface area contributed by atoms with Crippen LogP contribution in [0.2, 0.25) is 0 Å². The zero-order chi connectivity index (χ0) is 12.3. The molecule has 0 bridgehead atoms. The van der Waals surface area contributed by atoms with Crippen LogP contribution in [0, 0.1) is 6.92 Å². The Hall–Kier alpha value is -1.00. The molecule has 1 fully saturated rings. The number of rotatable bonds is 3. The molecule has 2 atom stereocenters. The fraction of sp³-hybridized carbons (Fsp3) is 0.462. The molecule has 1 aromatic rings.